The maximum absolute atomic E-state index is 12.2. The van der Waals surface area contributed by atoms with Crippen LogP contribution in [0, 0.1) is 0 Å². The highest BCUT2D eigenvalue weighted by Crippen LogP contribution is 2.26. The molecule has 25 heavy (non-hydrogen) atoms. The van der Waals surface area contributed by atoms with Gasteiger partial charge in [0.25, 0.3) is 0 Å². The molecular formula is C17H26N4O4. The molecule has 2 amide bonds. The Morgan fingerprint density at radius 3 is 2.76 bits per heavy atom. The smallest absolute Gasteiger partial charge is 0.231 e. The van der Waals surface area contributed by atoms with Gasteiger partial charge in [-0.3, -0.25) is 9.59 Å². The number of likely N-dealkylation sites (tertiary alicyclic amines) is 2. The van der Waals surface area contributed by atoms with E-state index >= 15 is 0 Å². The summed E-state index contributed by atoms with van der Waals surface area (Å²) in [6.45, 7) is 3.42. The first-order valence-electron chi connectivity index (χ1n) is 9.04. The molecule has 0 bridgehead atoms. The number of aromatic nitrogens is 2. The Morgan fingerprint density at radius 1 is 1.20 bits per heavy atom. The van der Waals surface area contributed by atoms with E-state index < -0.39 is 0 Å². The molecule has 0 N–H and O–H groups in total. The normalized spacial score (nSPS) is 21.4. The third-order valence-electron chi connectivity index (χ3n) is 4.89. The molecule has 3 heterocycles. The van der Waals surface area contributed by atoms with Gasteiger partial charge < -0.3 is 19.1 Å². The van der Waals surface area contributed by atoms with E-state index in [9.17, 15) is 9.59 Å². The van der Waals surface area contributed by atoms with Crippen LogP contribution in [0.3, 0.4) is 0 Å². The molecular weight excluding hydrogens is 324 g/mol. The number of hydrogen-bond acceptors (Lipinski definition) is 6. The fourth-order valence-electron chi connectivity index (χ4n) is 3.45. The van der Waals surface area contributed by atoms with Crippen LogP contribution in [0.1, 0.15) is 49.7 Å². The molecule has 1 aromatic heterocycles. The van der Waals surface area contributed by atoms with Gasteiger partial charge in [0.2, 0.25) is 17.7 Å². The number of carbonyl (C=O) groups is 2. The van der Waals surface area contributed by atoms with Gasteiger partial charge in [0, 0.05) is 52.6 Å². The molecule has 0 aliphatic carbocycles. The molecule has 0 radical (unpaired) electrons. The molecule has 0 spiro atoms. The van der Waals surface area contributed by atoms with Crippen molar-refractivity contribution in [1.82, 2.24) is 19.9 Å². The number of carbonyl (C=O) groups excluding carboxylic acids is 2. The zero-order chi connectivity index (χ0) is 17.6. The summed E-state index contributed by atoms with van der Waals surface area (Å²) in [5.74, 6) is 1.75. The van der Waals surface area contributed by atoms with Crippen LogP contribution < -0.4 is 0 Å². The van der Waals surface area contributed by atoms with Crippen LogP contribution in [0.5, 0.6) is 0 Å². The molecule has 8 heteroatoms. The predicted molar refractivity (Wildman–Crippen MR) is 88.9 cm³/mol. The third kappa shape index (κ3) is 4.56. The summed E-state index contributed by atoms with van der Waals surface area (Å²) in [4.78, 5) is 32.0. The molecule has 138 valence electrons. The summed E-state index contributed by atoms with van der Waals surface area (Å²) in [6.07, 6.45) is 4.29. The van der Waals surface area contributed by atoms with Crippen molar-refractivity contribution >= 4 is 11.8 Å². The first kappa shape index (κ1) is 17.8. The zero-order valence-corrected chi connectivity index (χ0v) is 14.8. The van der Waals surface area contributed by atoms with Crippen molar-refractivity contribution in [3.8, 4) is 0 Å². The van der Waals surface area contributed by atoms with Crippen molar-refractivity contribution in [3.05, 3.63) is 11.7 Å². The van der Waals surface area contributed by atoms with Gasteiger partial charge in [0.05, 0.1) is 12.5 Å². The first-order valence-corrected chi connectivity index (χ1v) is 9.04. The standard InChI is InChI=1S/C17H26N4O4/c1-24-11-7-14-18-17(25-19-14)13-5-6-16(23)21(12-13)10-3-9-20-8-2-4-15(20)22/h13H,2-12H2,1H3. The quantitative estimate of drug-likeness (QED) is 0.694. The van der Waals surface area contributed by atoms with Crippen LogP contribution in [-0.4, -0.2) is 71.7 Å². The Bertz CT molecular complexity index is 603. The van der Waals surface area contributed by atoms with Gasteiger partial charge in [-0.15, -0.1) is 0 Å². The summed E-state index contributed by atoms with van der Waals surface area (Å²) >= 11 is 0. The molecule has 2 fully saturated rings. The Labute approximate surface area is 147 Å². The van der Waals surface area contributed by atoms with E-state index in [4.69, 9.17) is 9.26 Å². The first-order chi connectivity index (χ1) is 12.2. The van der Waals surface area contributed by atoms with E-state index in [-0.39, 0.29) is 17.7 Å². The lowest BCUT2D eigenvalue weighted by molar-refractivity contribution is -0.134. The van der Waals surface area contributed by atoms with Crippen molar-refractivity contribution in [1.29, 1.82) is 0 Å². The molecule has 2 saturated heterocycles. The average molecular weight is 350 g/mol. The van der Waals surface area contributed by atoms with Gasteiger partial charge in [0.1, 0.15) is 0 Å². The van der Waals surface area contributed by atoms with E-state index in [2.05, 4.69) is 10.1 Å². The SMILES string of the molecule is COCCc1noc(C2CCC(=O)N(CCCN3CCCC3=O)C2)n1. The number of methoxy groups -OCH3 is 1. The number of rotatable bonds is 8. The highest BCUT2D eigenvalue weighted by molar-refractivity contribution is 5.78. The highest BCUT2D eigenvalue weighted by Gasteiger charge is 2.30. The minimum Gasteiger partial charge on any atom is -0.384 e. The summed E-state index contributed by atoms with van der Waals surface area (Å²) in [5.41, 5.74) is 0. The van der Waals surface area contributed by atoms with Crippen LogP contribution in [0.15, 0.2) is 4.52 Å². The van der Waals surface area contributed by atoms with Crippen molar-refractivity contribution in [2.75, 3.05) is 39.9 Å². The van der Waals surface area contributed by atoms with Crippen LogP contribution in [-0.2, 0) is 20.7 Å². The van der Waals surface area contributed by atoms with Crippen molar-refractivity contribution in [2.45, 2.75) is 44.4 Å². The van der Waals surface area contributed by atoms with Gasteiger partial charge in [-0.25, -0.2) is 0 Å². The predicted octanol–water partition coefficient (Wildman–Crippen LogP) is 0.977. The zero-order valence-electron chi connectivity index (χ0n) is 14.8. The van der Waals surface area contributed by atoms with Crippen LogP contribution in [0.4, 0.5) is 0 Å². The molecule has 1 unspecified atom stereocenters. The molecule has 0 saturated carbocycles. The van der Waals surface area contributed by atoms with E-state index in [1.54, 1.807) is 7.11 Å². The Morgan fingerprint density at radius 2 is 2.00 bits per heavy atom. The van der Waals surface area contributed by atoms with E-state index in [1.807, 2.05) is 9.80 Å². The number of nitrogens with zero attached hydrogens (tertiary/aromatic N) is 4. The summed E-state index contributed by atoms with van der Waals surface area (Å²) in [5, 5.41) is 3.98. The third-order valence-corrected chi connectivity index (χ3v) is 4.89. The maximum atomic E-state index is 12.2. The number of hydrogen-bond donors (Lipinski definition) is 0. The molecule has 0 aromatic carbocycles. The second kappa shape index (κ2) is 8.42. The summed E-state index contributed by atoms with van der Waals surface area (Å²) < 4.78 is 10.4. The van der Waals surface area contributed by atoms with Gasteiger partial charge in [-0.1, -0.05) is 5.16 Å². The van der Waals surface area contributed by atoms with E-state index in [1.165, 1.54) is 0 Å². The van der Waals surface area contributed by atoms with Gasteiger partial charge >= 0.3 is 0 Å². The number of ether oxygens (including phenoxy) is 1. The van der Waals surface area contributed by atoms with E-state index in [0.29, 0.717) is 50.7 Å². The Hall–Kier alpha value is -1.96. The number of piperidine rings is 1. The van der Waals surface area contributed by atoms with Gasteiger partial charge in [-0.05, 0) is 19.3 Å². The van der Waals surface area contributed by atoms with Gasteiger partial charge in [0.15, 0.2) is 5.82 Å². The van der Waals surface area contributed by atoms with Crippen molar-refractivity contribution in [3.63, 3.8) is 0 Å². The van der Waals surface area contributed by atoms with E-state index in [0.717, 1.165) is 32.4 Å². The Balaban J connectivity index is 1.49. The topological polar surface area (TPSA) is 88.8 Å². The molecule has 2 aliphatic rings. The monoisotopic (exact) mass is 350 g/mol. The lowest BCUT2D eigenvalue weighted by Gasteiger charge is -2.31. The van der Waals surface area contributed by atoms with Crippen LogP contribution >= 0.6 is 0 Å². The van der Waals surface area contributed by atoms with Gasteiger partial charge in [-0.2, -0.15) is 4.98 Å². The molecule has 2 aliphatic heterocycles. The summed E-state index contributed by atoms with van der Waals surface area (Å²) in [6, 6.07) is 0. The fraction of sp³-hybridized carbons (Fsp3) is 0.765. The minimum atomic E-state index is 0.0925. The van der Waals surface area contributed by atoms with Crippen molar-refractivity contribution in [2.24, 2.45) is 0 Å². The van der Waals surface area contributed by atoms with Crippen molar-refractivity contribution < 1.29 is 18.8 Å². The fourth-order valence-corrected chi connectivity index (χ4v) is 3.45. The lowest BCUT2D eigenvalue weighted by atomic mass is 9.97. The second-order valence-electron chi connectivity index (χ2n) is 6.70. The largest absolute Gasteiger partial charge is 0.384 e. The summed E-state index contributed by atoms with van der Waals surface area (Å²) in [7, 11) is 1.64. The molecule has 3 rings (SSSR count). The molecule has 1 aromatic rings. The average Bonchev–Trinajstić information content (AvgIpc) is 3.24. The minimum absolute atomic E-state index is 0.0925. The van der Waals surface area contributed by atoms with Crippen LogP contribution in [0.2, 0.25) is 0 Å². The lowest BCUT2D eigenvalue weighted by Crippen LogP contribution is -2.40. The van der Waals surface area contributed by atoms with Crippen LogP contribution in [0.25, 0.3) is 0 Å². The number of amides is 2. The molecule has 8 nitrogen and oxygen atoms in total. The highest BCUT2D eigenvalue weighted by atomic mass is 16.5. The Kier molecular flexibility index (Phi) is 6.01. The molecule has 1 atom stereocenters. The maximum Gasteiger partial charge on any atom is 0.231 e. The second-order valence-corrected chi connectivity index (χ2v) is 6.70.